The van der Waals surface area contributed by atoms with Crippen LogP contribution in [0, 0.1) is 0 Å². The molecule has 0 amide bonds. The summed E-state index contributed by atoms with van der Waals surface area (Å²) < 4.78 is 1.92. The molecule has 1 atom stereocenters. The molecule has 0 aliphatic carbocycles. The molecule has 3 rings (SSSR count). The highest BCUT2D eigenvalue weighted by Gasteiger charge is 2.04. The van der Waals surface area contributed by atoms with Crippen LogP contribution in [0.1, 0.15) is 12.5 Å². The average Bonchev–Trinajstić information content (AvgIpc) is 3.07. The van der Waals surface area contributed by atoms with Crippen molar-refractivity contribution >= 4 is 0 Å². The molecule has 0 aliphatic rings. The molecule has 2 heterocycles. The maximum atomic E-state index is 4.43. The minimum absolute atomic E-state index is 0.327. The Balaban J connectivity index is 1.55. The van der Waals surface area contributed by atoms with E-state index in [1.165, 1.54) is 0 Å². The normalized spacial score (nSPS) is 12.2. The molecule has 22 heavy (non-hydrogen) atoms. The van der Waals surface area contributed by atoms with E-state index in [4.69, 9.17) is 0 Å². The molecule has 0 unspecified atom stereocenters. The van der Waals surface area contributed by atoms with Crippen molar-refractivity contribution in [2.24, 2.45) is 0 Å². The van der Waals surface area contributed by atoms with Crippen molar-refractivity contribution in [1.82, 2.24) is 25.1 Å². The van der Waals surface area contributed by atoms with Gasteiger partial charge < -0.3 is 5.32 Å². The fourth-order valence-corrected chi connectivity index (χ4v) is 2.23. The predicted octanol–water partition coefficient (Wildman–Crippen LogP) is 2.52. The second-order valence-electron chi connectivity index (χ2n) is 5.29. The van der Waals surface area contributed by atoms with Gasteiger partial charge in [-0.15, -0.1) is 0 Å². The number of hydrogen-bond donors (Lipinski definition) is 1. The first-order valence-corrected chi connectivity index (χ1v) is 7.38. The Morgan fingerprint density at radius 2 is 1.86 bits per heavy atom. The Morgan fingerprint density at radius 3 is 2.55 bits per heavy atom. The van der Waals surface area contributed by atoms with Crippen LogP contribution in [0.4, 0.5) is 0 Å². The zero-order valence-electron chi connectivity index (χ0n) is 12.6. The number of nitrogens with zero attached hydrogens (tertiary/aromatic N) is 4. The molecular formula is C17H19N5. The van der Waals surface area contributed by atoms with Gasteiger partial charge in [0, 0.05) is 48.5 Å². The quantitative estimate of drug-likeness (QED) is 0.759. The average molecular weight is 293 g/mol. The van der Waals surface area contributed by atoms with Crippen LogP contribution in [0.2, 0.25) is 0 Å². The second-order valence-corrected chi connectivity index (χ2v) is 5.29. The van der Waals surface area contributed by atoms with E-state index in [9.17, 15) is 0 Å². The van der Waals surface area contributed by atoms with E-state index in [0.29, 0.717) is 6.04 Å². The van der Waals surface area contributed by atoms with E-state index >= 15 is 0 Å². The molecule has 0 aliphatic heterocycles. The molecule has 0 radical (unpaired) electrons. The monoisotopic (exact) mass is 293 g/mol. The van der Waals surface area contributed by atoms with Crippen molar-refractivity contribution in [3.8, 4) is 11.4 Å². The molecular weight excluding hydrogens is 274 g/mol. The van der Waals surface area contributed by atoms with Crippen molar-refractivity contribution in [1.29, 1.82) is 0 Å². The number of rotatable bonds is 6. The largest absolute Gasteiger partial charge is 0.308 e. The Hall–Kier alpha value is -2.53. The van der Waals surface area contributed by atoms with Gasteiger partial charge in [0.15, 0.2) is 5.82 Å². The van der Waals surface area contributed by atoms with Crippen molar-refractivity contribution in [2.45, 2.75) is 26.1 Å². The van der Waals surface area contributed by atoms with Crippen LogP contribution in [-0.4, -0.2) is 25.8 Å². The van der Waals surface area contributed by atoms with E-state index in [1.54, 1.807) is 6.20 Å². The van der Waals surface area contributed by atoms with Crippen LogP contribution >= 0.6 is 0 Å². The van der Waals surface area contributed by atoms with Gasteiger partial charge in [0.05, 0.1) is 6.54 Å². The molecule has 0 saturated carbocycles. The zero-order valence-corrected chi connectivity index (χ0v) is 12.6. The molecule has 0 bridgehead atoms. The van der Waals surface area contributed by atoms with Crippen molar-refractivity contribution in [3.05, 3.63) is 66.7 Å². The highest BCUT2D eigenvalue weighted by molar-refractivity contribution is 5.53. The van der Waals surface area contributed by atoms with Gasteiger partial charge in [-0.25, -0.2) is 9.97 Å². The zero-order chi connectivity index (χ0) is 15.2. The lowest BCUT2D eigenvalue weighted by atomic mass is 10.2. The van der Waals surface area contributed by atoms with E-state index in [1.807, 2.05) is 59.7 Å². The summed E-state index contributed by atoms with van der Waals surface area (Å²) in [5, 5.41) is 7.66. The van der Waals surface area contributed by atoms with E-state index in [0.717, 1.165) is 30.0 Å². The number of aromatic nitrogens is 4. The van der Waals surface area contributed by atoms with Crippen LogP contribution in [0.15, 0.2) is 61.2 Å². The lowest BCUT2D eigenvalue weighted by Gasteiger charge is -2.13. The van der Waals surface area contributed by atoms with Crippen molar-refractivity contribution < 1.29 is 0 Å². The summed E-state index contributed by atoms with van der Waals surface area (Å²) in [6.45, 7) is 3.73. The summed E-state index contributed by atoms with van der Waals surface area (Å²) in [5.41, 5.74) is 2.11. The van der Waals surface area contributed by atoms with Crippen LogP contribution in [-0.2, 0) is 13.1 Å². The smallest absolute Gasteiger partial charge is 0.159 e. The third-order valence-corrected chi connectivity index (χ3v) is 3.41. The molecule has 0 fully saturated rings. The maximum absolute atomic E-state index is 4.43. The second kappa shape index (κ2) is 6.95. The minimum Gasteiger partial charge on any atom is -0.308 e. The summed E-state index contributed by atoms with van der Waals surface area (Å²) in [6.07, 6.45) is 7.52. The van der Waals surface area contributed by atoms with Gasteiger partial charge in [0.25, 0.3) is 0 Å². The maximum Gasteiger partial charge on any atom is 0.159 e. The summed E-state index contributed by atoms with van der Waals surface area (Å²) in [4.78, 5) is 8.87. The summed E-state index contributed by atoms with van der Waals surface area (Å²) >= 11 is 0. The lowest BCUT2D eigenvalue weighted by molar-refractivity contribution is 0.450. The van der Waals surface area contributed by atoms with Crippen LogP contribution in [0.3, 0.4) is 0 Å². The Bertz CT molecular complexity index is 677. The van der Waals surface area contributed by atoms with E-state index in [2.05, 4.69) is 27.3 Å². The summed E-state index contributed by atoms with van der Waals surface area (Å²) in [7, 11) is 0. The molecule has 0 saturated heterocycles. The molecule has 5 nitrogen and oxygen atoms in total. The Labute approximate surface area is 130 Å². The SMILES string of the molecule is C[C@@H](Cn1cccn1)NCc1cnc(-c2ccccc2)nc1. The summed E-state index contributed by atoms with van der Waals surface area (Å²) in [5.74, 6) is 0.758. The minimum atomic E-state index is 0.327. The van der Waals surface area contributed by atoms with Gasteiger partial charge >= 0.3 is 0 Å². The fraction of sp³-hybridized carbons (Fsp3) is 0.235. The van der Waals surface area contributed by atoms with Crippen LogP contribution < -0.4 is 5.32 Å². The first-order valence-electron chi connectivity index (χ1n) is 7.38. The molecule has 0 spiro atoms. The first-order chi connectivity index (χ1) is 10.8. The number of nitrogens with one attached hydrogen (secondary N) is 1. The summed E-state index contributed by atoms with van der Waals surface area (Å²) in [6, 6.07) is 12.3. The Morgan fingerprint density at radius 1 is 1.09 bits per heavy atom. The highest BCUT2D eigenvalue weighted by Crippen LogP contribution is 2.13. The fourth-order valence-electron chi connectivity index (χ4n) is 2.23. The molecule has 1 aromatic carbocycles. The third kappa shape index (κ3) is 3.77. The lowest BCUT2D eigenvalue weighted by Crippen LogP contribution is -2.30. The van der Waals surface area contributed by atoms with Gasteiger partial charge in [0.2, 0.25) is 0 Å². The molecule has 112 valence electrons. The standard InChI is InChI=1S/C17H19N5/c1-14(13-22-9-5-8-21-22)18-10-15-11-19-17(20-12-15)16-6-3-2-4-7-16/h2-9,11-12,14,18H,10,13H2,1H3/t14-/m0/s1. The third-order valence-electron chi connectivity index (χ3n) is 3.41. The van der Waals surface area contributed by atoms with E-state index < -0.39 is 0 Å². The van der Waals surface area contributed by atoms with Gasteiger partial charge in [-0.3, -0.25) is 4.68 Å². The van der Waals surface area contributed by atoms with Crippen LogP contribution in [0.5, 0.6) is 0 Å². The Kier molecular flexibility index (Phi) is 4.56. The molecule has 5 heteroatoms. The van der Waals surface area contributed by atoms with Gasteiger partial charge in [0.1, 0.15) is 0 Å². The molecule has 1 N–H and O–H groups in total. The van der Waals surface area contributed by atoms with E-state index in [-0.39, 0.29) is 0 Å². The van der Waals surface area contributed by atoms with Crippen LogP contribution in [0.25, 0.3) is 11.4 Å². The van der Waals surface area contributed by atoms with Gasteiger partial charge in [-0.1, -0.05) is 30.3 Å². The topological polar surface area (TPSA) is 55.6 Å². The van der Waals surface area contributed by atoms with Gasteiger partial charge in [-0.2, -0.15) is 5.10 Å². The first kappa shape index (κ1) is 14.4. The van der Waals surface area contributed by atoms with Crippen molar-refractivity contribution in [3.63, 3.8) is 0 Å². The predicted molar refractivity (Wildman–Crippen MR) is 86.0 cm³/mol. The number of benzene rings is 1. The number of hydrogen-bond acceptors (Lipinski definition) is 4. The molecule has 3 aromatic rings. The van der Waals surface area contributed by atoms with Crippen molar-refractivity contribution in [2.75, 3.05) is 0 Å². The van der Waals surface area contributed by atoms with Gasteiger partial charge in [-0.05, 0) is 13.0 Å². The molecule has 2 aromatic heterocycles. The highest BCUT2D eigenvalue weighted by atomic mass is 15.3.